The Morgan fingerprint density at radius 2 is 1.87 bits per heavy atom. The number of nitrogens with one attached hydrogen (secondary N) is 1. The smallest absolute Gasteiger partial charge is 0.225 e. The van der Waals surface area contributed by atoms with Crippen LogP contribution in [-0.2, 0) is 4.79 Å². The van der Waals surface area contributed by atoms with Crippen LogP contribution in [0.1, 0.15) is 25.7 Å². The minimum Gasteiger partial charge on any atom is -0.497 e. The second-order valence-electron chi connectivity index (χ2n) is 10.3. The molecule has 7 rings (SSSR count). The monoisotopic (exact) mass is 519 g/mol. The number of likely N-dealkylation sites (tertiary alicyclic amines) is 1. The van der Waals surface area contributed by atoms with E-state index in [1.165, 1.54) is 0 Å². The zero-order valence-corrected chi connectivity index (χ0v) is 21.7. The molecule has 1 saturated carbocycles. The number of carbonyl (C=O) groups is 1. The molecule has 0 bridgehead atoms. The van der Waals surface area contributed by atoms with Crippen LogP contribution in [0.4, 0.5) is 5.95 Å². The third kappa shape index (κ3) is 4.54. The SMILES string of the molecule is COc1ccc2c(c1)nc(-c1ccc3ccccc3n1)n2-c1ccnc(N[C@H]2CCCN(C(=O)C3CC3)C2)n1. The number of methoxy groups -OCH3 is 1. The van der Waals surface area contributed by atoms with E-state index in [0.717, 1.165) is 65.6 Å². The van der Waals surface area contributed by atoms with Gasteiger partial charge < -0.3 is 15.0 Å². The van der Waals surface area contributed by atoms with E-state index in [1.807, 2.05) is 64.1 Å². The van der Waals surface area contributed by atoms with Crippen molar-refractivity contribution in [1.82, 2.24) is 29.4 Å². The van der Waals surface area contributed by atoms with Crippen molar-refractivity contribution in [1.29, 1.82) is 0 Å². The van der Waals surface area contributed by atoms with E-state index >= 15 is 0 Å². The van der Waals surface area contributed by atoms with Crippen LogP contribution >= 0.6 is 0 Å². The molecule has 0 radical (unpaired) electrons. The van der Waals surface area contributed by atoms with Gasteiger partial charge in [-0.05, 0) is 56.0 Å². The molecule has 1 amide bonds. The molecular formula is C30H29N7O2. The van der Waals surface area contributed by atoms with E-state index in [-0.39, 0.29) is 12.0 Å². The number of carbonyl (C=O) groups excluding carboxylic acids is 1. The van der Waals surface area contributed by atoms with Crippen LogP contribution in [-0.4, -0.2) is 61.6 Å². The average Bonchev–Trinajstić information content (AvgIpc) is 3.76. The maximum Gasteiger partial charge on any atom is 0.225 e. The predicted molar refractivity (Wildman–Crippen MR) is 150 cm³/mol. The standard InChI is InChI=1S/C30H29N7O2/c1-39-22-11-13-26-25(17-22)34-28(24-12-10-19-5-2-3-7-23(19)33-24)37(26)27-14-15-31-30(35-27)32-21-6-4-16-36(18-21)29(38)20-8-9-20/h2-3,5,7,10-15,17,20-21H,4,6,8-9,16,18H2,1H3,(H,31,32,35)/t21-/m0/s1. The summed E-state index contributed by atoms with van der Waals surface area (Å²) in [7, 11) is 1.65. The van der Waals surface area contributed by atoms with Crippen LogP contribution in [0.15, 0.2) is 66.9 Å². The van der Waals surface area contributed by atoms with Crippen molar-refractivity contribution in [2.75, 3.05) is 25.5 Å². The fraction of sp³-hybridized carbons (Fsp3) is 0.300. The second kappa shape index (κ2) is 9.65. The van der Waals surface area contributed by atoms with Crippen LogP contribution in [0.25, 0.3) is 39.3 Å². The van der Waals surface area contributed by atoms with Gasteiger partial charge in [-0.25, -0.2) is 15.0 Å². The van der Waals surface area contributed by atoms with Crippen LogP contribution in [0.2, 0.25) is 0 Å². The Morgan fingerprint density at radius 3 is 2.74 bits per heavy atom. The number of anilines is 1. The first-order valence-corrected chi connectivity index (χ1v) is 13.5. The molecule has 1 aliphatic heterocycles. The fourth-order valence-corrected chi connectivity index (χ4v) is 5.39. The number of amides is 1. The molecule has 39 heavy (non-hydrogen) atoms. The molecule has 1 aliphatic carbocycles. The number of aromatic nitrogens is 5. The van der Waals surface area contributed by atoms with Gasteiger partial charge in [-0.3, -0.25) is 9.36 Å². The zero-order valence-electron chi connectivity index (χ0n) is 21.7. The first-order valence-electron chi connectivity index (χ1n) is 13.5. The molecule has 9 heteroatoms. The van der Waals surface area contributed by atoms with Gasteiger partial charge in [-0.2, -0.15) is 4.98 Å². The predicted octanol–water partition coefficient (Wildman–Crippen LogP) is 4.85. The van der Waals surface area contributed by atoms with E-state index in [4.69, 9.17) is 19.7 Å². The topological polar surface area (TPSA) is 98.1 Å². The van der Waals surface area contributed by atoms with Crippen LogP contribution in [0, 0.1) is 5.92 Å². The minimum atomic E-state index is 0.113. The molecule has 0 spiro atoms. The summed E-state index contributed by atoms with van der Waals surface area (Å²) >= 11 is 0. The zero-order chi connectivity index (χ0) is 26.3. The first-order chi connectivity index (χ1) is 19.2. The van der Waals surface area contributed by atoms with Crippen molar-refractivity contribution in [2.45, 2.75) is 31.7 Å². The average molecular weight is 520 g/mol. The Balaban J connectivity index is 1.26. The lowest BCUT2D eigenvalue weighted by Gasteiger charge is -2.33. The normalized spacial score (nSPS) is 17.5. The summed E-state index contributed by atoms with van der Waals surface area (Å²) in [6.45, 7) is 1.52. The van der Waals surface area contributed by atoms with Crippen molar-refractivity contribution in [2.24, 2.45) is 5.92 Å². The summed E-state index contributed by atoms with van der Waals surface area (Å²) in [5.74, 6) is 3.17. The minimum absolute atomic E-state index is 0.113. The highest BCUT2D eigenvalue weighted by Gasteiger charge is 2.35. The van der Waals surface area contributed by atoms with Crippen LogP contribution in [0.5, 0.6) is 5.75 Å². The Kier molecular flexibility index (Phi) is 5.83. The van der Waals surface area contributed by atoms with E-state index < -0.39 is 0 Å². The first kappa shape index (κ1) is 23.6. The number of para-hydroxylation sites is 1. The molecule has 1 saturated heterocycles. The molecule has 1 atom stereocenters. The number of hydrogen-bond acceptors (Lipinski definition) is 7. The molecule has 2 aliphatic rings. The molecular weight excluding hydrogens is 490 g/mol. The van der Waals surface area contributed by atoms with Gasteiger partial charge in [0.25, 0.3) is 0 Å². The Morgan fingerprint density at radius 1 is 0.974 bits per heavy atom. The lowest BCUT2D eigenvalue weighted by molar-refractivity contribution is -0.133. The lowest BCUT2D eigenvalue weighted by atomic mass is 10.1. The van der Waals surface area contributed by atoms with Gasteiger partial charge in [0.15, 0.2) is 5.82 Å². The number of piperidine rings is 1. The maximum absolute atomic E-state index is 12.6. The lowest BCUT2D eigenvalue weighted by Crippen LogP contribution is -2.45. The number of ether oxygens (including phenoxy) is 1. The van der Waals surface area contributed by atoms with Crippen LogP contribution < -0.4 is 10.1 Å². The molecule has 2 aromatic carbocycles. The van der Waals surface area contributed by atoms with Gasteiger partial charge in [-0.1, -0.05) is 24.3 Å². The number of benzene rings is 2. The summed E-state index contributed by atoms with van der Waals surface area (Å²) in [6.07, 6.45) is 5.76. The quantitative estimate of drug-likeness (QED) is 0.342. The van der Waals surface area contributed by atoms with E-state index in [0.29, 0.717) is 30.0 Å². The largest absolute Gasteiger partial charge is 0.497 e. The number of pyridine rings is 1. The van der Waals surface area contributed by atoms with Gasteiger partial charge in [0.2, 0.25) is 11.9 Å². The van der Waals surface area contributed by atoms with E-state index in [9.17, 15) is 4.79 Å². The summed E-state index contributed by atoms with van der Waals surface area (Å²) in [4.78, 5) is 33.9. The van der Waals surface area contributed by atoms with Crippen molar-refractivity contribution in [3.8, 4) is 23.1 Å². The highest BCUT2D eigenvalue weighted by molar-refractivity contribution is 5.86. The van der Waals surface area contributed by atoms with Gasteiger partial charge in [0.05, 0.1) is 23.7 Å². The Bertz CT molecular complexity index is 1690. The summed E-state index contributed by atoms with van der Waals surface area (Å²) < 4.78 is 7.48. The highest BCUT2D eigenvalue weighted by Crippen LogP contribution is 2.33. The van der Waals surface area contributed by atoms with Crippen molar-refractivity contribution < 1.29 is 9.53 Å². The Hall–Kier alpha value is -4.53. The molecule has 9 nitrogen and oxygen atoms in total. The number of rotatable bonds is 6. The van der Waals surface area contributed by atoms with Gasteiger partial charge in [-0.15, -0.1) is 0 Å². The number of imidazole rings is 1. The molecule has 1 N–H and O–H groups in total. The van der Waals surface area contributed by atoms with Crippen LogP contribution in [0.3, 0.4) is 0 Å². The summed E-state index contributed by atoms with van der Waals surface area (Å²) in [5.41, 5.74) is 3.33. The summed E-state index contributed by atoms with van der Waals surface area (Å²) in [5, 5.41) is 4.56. The van der Waals surface area contributed by atoms with Crippen molar-refractivity contribution >= 4 is 33.8 Å². The number of fused-ring (bicyclic) bond motifs is 2. The summed E-state index contributed by atoms with van der Waals surface area (Å²) in [6, 6.07) is 19.9. The third-order valence-electron chi connectivity index (χ3n) is 7.55. The number of hydrogen-bond donors (Lipinski definition) is 1. The van der Waals surface area contributed by atoms with Crippen molar-refractivity contribution in [3.63, 3.8) is 0 Å². The molecule has 0 unspecified atom stereocenters. The second-order valence-corrected chi connectivity index (χ2v) is 10.3. The third-order valence-corrected chi connectivity index (χ3v) is 7.55. The molecule has 5 aromatic rings. The van der Waals surface area contributed by atoms with Gasteiger partial charge in [0.1, 0.15) is 17.3 Å². The molecule has 196 valence electrons. The van der Waals surface area contributed by atoms with Crippen molar-refractivity contribution in [3.05, 3.63) is 66.9 Å². The van der Waals surface area contributed by atoms with Gasteiger partial charge >= 0.3 is 0 Å². The number of nitrogens with zero attached hydrogens (tertiary/aromatic N) is 6. The van der Waals surface area contributed by atoms with E-state index in [2.05, 4.69) is 16.4 Å². The molecule has 3 aromatic heterocycles. The fourth-order valence-electron chi connectivity index (χ4n) is 5.39. The highest BCUT2D eigenvalue weighted by atomic mass is 16.5. The Labute approximate surface area is 225 Å². The molecule has 2 fully saturated rings. The maximum atomic E-state index is 12.6. The van der Waals surface area contributed by atoms with Gasteiger partial charge in [0, 0.05) is 42.7 Å². The molecule has 4 heterocycles. The van der Waals surface area contributed by atoms with E-state index in [1.54, 1.807) is 13.3 Å².